The van der Waals surface area contributed by atoms with Crippen LogP contribution in [0.25, 0.3) is 0 Å². The van der Waals surface area contributed by atoms with Gasteiger partial charge in [0.1, 0.15) is 12.4 Å². The average molecular weight is 296 g/mol. The maximum absolute atomic E-state index is 6.10. The average Bonchev–Trinajstić information content (AvgIpc) is 2.42. The Bertz CT molecular complexity index is 531. The fourth-order valence-electron chi connectivity index (χ4n) is 1.76. The molecule has 0 radical (unpaired) electrons. The lowest BCUT2D eigenvalue weighted by atomic mass is 10.1. The van der Waals surface area contributed by atoms with Crippen molar-refractivity contribution >= 4 is 23.2 Å². The molecule has 0 bridgehead atoms. The van der Waals surface area contributed by atoms with Crippen LogP contribution in [0.15, 0.2) is 48.5 Å². The Labute approximate surface area is 123 Å². The topological polar surface area (TPSA) is 35.2 Å². The van der Waals surface area contributed by atoms with Crippen molar-refractivity contribution in [3.05, 3.63) is 64.1 Å². The molecule has 0 aliphatic rings. The molecular formula is C15H15Cl2NO. The van der Waals surface area contributed by atoms with Crippen molar-refractivity contribution in [1.82, 2.24) is 0 Å². The van der Waals surface area contributed by atoms with Gasteiger partial charge >= 0.3 is 0 Å². The van der Waals surface area contributed by atoms with Gasteiger partial charge in [-0.3, -0.25) is 0 Å². The van der Waals surface area contributed by atoms with Gasteiger partial charge in [-0.2, -0.15) is 0 Å². The fourth-order valence-corrected chi connectivity index (χ4v) is 2.15. The van der Waals surface area contributed by atoms with E-state index in [0.29, 0.717) is 23.1 Å². The van der Waals surface area contributed by atoms with Crippen LogP contribution in [0.1, 0.15) is 5.56 Å². The summed E-state index contributed by atoms with van der Waals surface area (Å²) >= 11 is 12.0. The second-order valence-electron chi connectivity index (χ2n) is 4.32. The zero-order valence-electron chi connectivity index (χ0n) is 10.4. The molecular weight excluding hydrogens is 281 g/mol. The van der Waals surface area contributed by atoms with Crippen molar-refractivity contribution in [2.24, 2.45) is 5.73 Å². The van der Waals surface area contributed by atoms with Gasteiger partial charge < -0.3 is 10.5 Å². The maximum Gasteiger partial charge on any atom is 0.119 e. The number of hydrogen-bond acceptors (Lipinski definition) is 2. The summed E-state index contributed by atoms with van der Waals surface area (Å²) in [4.78, 5) is 0. The van der Waals surface area contributed by atoms with Crippen molar-refractivity contribution in [2.75, 3.05) is 6.61 Å². The maximum atomic E-state index is 6.10. The van der Waals surface area contributed by atoms with Crippen molar-refractivity contribution in [2.45, 2.75) is 12.5 Å². The van der Waals surface area contributed by atoms with E-state index in [9.17, 15) is 0 Å². The molecule has 19 heavy (non-hydrogen) atoms. The molecule has 1 unspecified atom stereocenters. The van der Waals surface area contributed by atoms with Gasteiger partial charge in [0.05, 0.1) is 0 Å². The first kappa shape index (κ1) is 14.2. The van der Waals surface area contributed by atoms with Gasteiger partial charge in [0.15, 0.2) is 0 Å². The standard InChI is InChI=1S/C15H15Cl2NO/c16-12-6-7-15(17)11(8-12)9-13(18)10-19-14-4-2-1-3-5-14/h1-8,13H,9-10,18H2. The second kappa shape index (κ2) is 6.80. The molecule has 0 aliphatic carbocycles. The molecule has 100 valence electrons. The molecule has 1 atom stereocenters. The Morgan fingerprint density at radius 2 is 1.79 bits per heavy atom. The Morgan fingerprint density at radius 3 is 2.53 bits per heavy atom. The molecule has 0 heterocycles. The van der Waals surface area contributed by atoms with Gasteiger partial charge in [-0.15, -0.1) is 0 Å². The minimum absolute atomic E-state index is 0.129. The first-order valence-electron chi connectivity index (χ1n) is 6.02. The first-order valence-corrected chi connectivity index (χ1v) is 6.78. The van der Waals surface area contributed by atoms with E-state index >= 15 is 0 Å². The molecule has 4 heteroatoms. The first-order chi connectivity index (χ1) is 9.15. The Hall–Kier alpha value is -1.22. The number of para-hydroxylation sites is 1. The van der Waals surface area contributed by atoms with Crippen LogP contribution in [0.3, 0.4) is 0 Å². The van der Waals surface area contributed by atoms with Crippen LogP contribution in [0.4, 0.5) is 0 Å². The minimum atomic E-state index is -0.129. The number of rotatable bonds is 5. The van der Waals surface area contributed by atoms with Crippen LogP contribution >= 0.6 is 23.2 Å². The molecule has 2 N–H and O–H groups in total. The highest BCUT2D eigenvalue weighted by molar-refractivity contribution is 6.33. The van der Waals surface area contributed by atoms with Crippen LogP contribution in [-0.4, -0.2) is 12.6 Å². The number of ether oxygens (including phenoxy) is 1. The highest BCUT2D eigenvalue weighted by atomic mass is 35.5. The fraction of sp³-hybridized carbons (Fsp3) is 0.200. The van der Waals surface area contributed by atoms with Crippen LogP contribution in [0.5, 0.6) is 5.75 Å². The van der Waals surface area contributed by atoms with E-state index in [-0.39, 0.29) is 6.04 Å². The third kappa shape index (κ3) is 4.43. The molecule has 0 saturated carbocycles. The Balaban J connectivity index is 1.90. The van der Waals surface area contributed by atoms with Crippen molar-refractivity contribution < 1.29 is 4.74 Å². The Morgan fingerprint density at radius 1 is 1.05 bits per heavy atom. The summed E-state index contributed by atoms with van der Waals surface area (Å²) in [5.74, 6) is 0.815. The Kier molecular flexibility index (Phi) is 5.08. The molecule has 0 aliphatic heterocycles. The zero-order chi connectivity index (χ0) is 13.7. The summed E-state index contributed by atoms with van der Waals surface area (Å²) in [6, 6.07) is 14.9. The van der Waals surface area contributed by atoms with E-state index in [0.717, 1.165) is 11.3 Å². The summed E-state index contributed by atoms with van der Waals surface area (Å²) < 4.78 is 5.61. The number of nitrogens with two attached hydrogens (primary N) is 1. The molecule has 0 spiro atoms. The van der Waals surface area contributed by atoms with Crippen molar-refractivity contribution in [3.63, 3.8) is 0 Å². The van der Waals surface area contributed by atoms with E-state index < -0.39 is 0 Å². The lowest BCUT2D eigenvalue weighted by Gasteiger charge is -2.14. The van der Waals surface area contributed by atoms with Crippen molar-refractivity contribution in [1.29, 1.82) is 0 Å². The number of benzene rings is 2. The van der Waals surface area contributed by atoms with Gasteiger partial charge in [-0.25, -0.2) is 0 Å². The third-order valence-electron chi connectivity index (χ3n) is 2.70. The van der Waals surface area contributed by atoms with Gasteiger partial charge in [-0.05, 0) is 42.3 Å². The molecule has 2 nitrogen and oxygen atoms in total. The van der Waals surface area contributed by atoms with Crippen molar-refractivity contribution in [3.8, 4) is 5.75 Å². The highest BCUT2D eigenvalue weighted by Crippen LogP contribution is 2.21. The van der Waals surface area contributed by atoms with Crippen LogP contribution < -0.4 is 10.5 Å². The minimum Gasteiger partial charge on any atom is -0.492 e. The van der Waals surface area contributed by atoms with Gasteiger partial charge in [0.25, 0.3) is 0 Å². The molecule has 2 rings (SSSR count). The summed E-state index contributed by atoms with van der Waals surface area (Å²) in [7, 11) is 0. The lowest BCUT2D eigenvalue weighted by molar-refractivity contribution is 0.287. The molecule has 2 aromatic rings. The van der Waals surface area contributed by atoms with Crippen LogP contribution in [0.2, 0.25) is 10.0 Å². The SMILES string of the molecule is NC(COc1ccccc1)Cc1cc(Cl)ccc1Cl. The molecule has 2 aromatic carbocycles. The van der Waals surface area contributed by atoms with Crippen LogP contribution in [0, 0.1) is 0 Å². The van der Waals surface area contributed by atoms with Gasteiger partial charge in [0.2, 0.25) is 0 Å². The van der Waals surface area contributed by atoms with E-state index in [1.165, 1.54) is 0 Å². The molecule has 0 aromatic heterocycles. The molecule has 0 fully saturated rings. The summed E-state index contributed by atoms with van der Waals surface area (Å²) in [5, 5.41) is 1.34. The summed E-state index contributed by atoms with van der Waals surface area (Å²) in [6.45, 7) is 0.437. The van der Waals surface area contributed by atoms with E-state index in [2.05, 4.69) is 0 Å². The normalized spacial score (nSPS) is 12.2. The van der Waals surface area contributed by atoms with E-state index in [1.807, 2.05) is 36.4 Å². The number of hydrogen-bond donors (Lipinski definition) is 1. The highest BCUT2D eigenvalue weighted by Gasteiger charge is 2.09. The quantitative estimate of drug-likeness (QED) is 0.907. The predicted octanol–water partition coefficient (Wildman–Crippen LogP) is 3.94. The summed E-state index contributed by atoms with van der Waals surface area (Å²) in [5.41, 5.74) is 6.99. The van der Waals surface area contributed by atoms with Crippen LogP contribution in [-0.2, 0) is 6.42 Å². The van der Waals surface area contributed by atoms with E-state index in [1.54, 1.807) is 12.1 Å². The second-order valence-corrected chi connectivity index (χ2v) is 5.17. The monoisotopic (exact) mass is 295 g/mol. The largest absolute Gasteiger partial charge is 0.492 e. The summed E-state index contributed by atoms with van der Waals surface area (Å²) in [6.07, 6.45) is 0.631. The molecule has 0 saturated heterocycles. The zero-order valence-corrected chi connectivity index (χ0v) is 11.9. The van der Waals surface area contributed by atoms with E-state index in [4.69, 9.17) is 33.7 Å². The van der Waals surface area contributed by atoms with Gasteiger partial charge in [-0.1, -0.05) is 41.4 Å². The molecule has 0 amide bonds. The third-order valence-corrected chi connectivity index (χ3v) is 3.30. The lowest BCUT2D eigenvalue weighted by Crippen LogP contribution is -2.30. The van der Waals surface area contributed by atoms with Gasteiger partial charge in [0, 0.05) is 16.1 Å². The number of halogens is 2. The predicted molar refractivity (Wildman–Crippen MR) is 80.1 cm³/mol. The smallest absolute Gasteiger partial charge is 0.119 e.